The van der Waals surface area contributed by atoms with Gasteiger partial charge in [-0.25, -0.2) is 0 Å². The van der Waals surface area contributed by atoms with Crippen LogP contribution in [0.25, 0.3) is 0 Å². The molecule has 1 fully saturated rings. The molecule has 0 aromatic carbocycles. The van der Waals surface area contributed by atoms with Gasteiger partial charge >= 0.3 is 6.18 Å². The molecule has 1 aliphatic rings. The zero-order chi connectivity index (χ0) is 12.0. The van der Waals surface area contributed by atoms with Gasteiger partial charge in [-0.05, 0) is 19.8 Å². The fourth-order valence-corrected chi connectivity index (χ4v) is 1.94. The van der Waals surface area contributed by atoms with Crippen molar-refractivity contribution in [3.8, 4) is 0 Å². The van der Waals surface area contributed by atoms with Crippen molar-refractivity contribution < 1.29 is 17.9 Å². The second-order valence-corrected chi connectivity index (χ2v) is 4.48. The number of rotatable bonds is 5. The van der Waals surface area contributed by atoms with Gasteiger partial charge in [-0.1, -0.05) is 19.3 Å². The van der Waals surface area contributed by atoms with E-state index in [1.54, 1.807) is 6.92 Å². The van der Waals surface area contributed by atoms with Crippen molar-refractivity contribution in [2.45, 2.75) is 57.3 Å². The molecule has 0 aliphatic heterocycles. The zero-order valence-electron chi connectivity index (χ0n) is 9.65. The third kappa shape index (κ3) is 6.33. The second kappa shape index (κ2) is 6.45. The summed E-state index contributed by atoms with van der Waals surface area (Å²) in [6.07, 6.45) is 1.36. The van der Waals surface area contributed by atoms with E-state index in [4.69, 9.17) is 4.74 Å². The predicted octanol–water partition coefficient (Wildman–Crippen LogP) is 2.88. The van der Waals surface area contributed by atoms with Crippen LogP contribution in [0, 0.1) is 0 Å². The lowest BCUT2D eigenvalue weighted by molar-refractivity contribution is -0.183. The monoisotopic (exact) mass is 239 g/mol. The third-order valence-corrected chi connectivity index (χ3v) is 2.83. The largest absolute Gasteiger partial charge is 0.411 e. The van der Waals surface area contributed by atoms with Gasteiger partial charge in [0.1, 0.15) is 6.61 Å². The standard InChI is InChI=1S/C11H20F3NO/c1-9(16-8-11(12,13)14)7-15-10-5-3-2-4-6-10/h9-10,15H,2-8H2,1H3. The van der Waals surface area contributed by atoms with Crippen LogP contribution in [-0.4, -0.2) is 31.5 Å². The van der Waals surface area contributed by atoms with E-state index in [1.807, 2.05) is 0 Å². The van der Waals surface area contributed by atoms with Gasteiger partial charge in [0.05, 0.1) is 6.10 Å². The molecule has 2 nitrogen and oxygen atoms in total. The number of hydrogen-bond donors (Lipinski definition) is 1. The van der Waals surface area contributed by atoms with E-state index in [2.05, 4.69) is 5.32 Å². The molecule has 0 aromatic heterocycles. The van der Waals surface area contributed by atoms with Crippen molar-refractivity contribution in [1.29, 1.82) is 0 Å². The highest BCUT2D eigenvalue weighted by Crippen LogP contribution is 2.18. The van der Waals surface area contributed by atoms with Crippen LogP contribution in [-0.2, 0) is 4.74 Å². The average molecular weight is 239 g/mol. The Morgan fingerprint density at radius 1 is 1.25 bits per heavy atom. The number of nitrogens with one attached hydrogen (secondary N) is 1. The lowest BCUT2D eigenvalue weighted by Crippen LogP contribution is -2.37. The van der Waals surface area contributed by atoms with E-state index in [9.17, 15) is 13.2 Å². The minimum absolute atomic E-state index is 0.386. The summed E-state index contributed by atoms with van der Waals surface area (Å²) < 4.78 is 40.3. The van der Waals surface area contributed by atoms with Gasteiger partial charge in [0.2, 0.25) is 0 Å². The Balaban J connectivity index is 2.07. The quantitative estimate of drug-likeness (QED) is 0.796. The molecule has 1 saturated carbocycles. The predicted molar refractivity (Wildman–Crippen MR) is 56.3 cm³/mol. The minimum Gasteiger partial charge on any atom is -0.368 e. The van der Waals surface area contributed by atoms with Crippen LogP contribution in [0.1, 0.15) is 39.0 Å². The van der Waals surface area contributed by atoms with Crippen LogP contribution in [0.15, 0.2) is 0 Å². The summed E-state index contributed by atoms with van der Waals surface area (Å²) in [5, 5.41) is 3.27. The highest BCUT2D eigenvalue weighted by Gasteiger charge is 2.28. The van der Waals surface area contributed by atoms with E-state index < -0.39 is 12.8 Å². The molecule has 96 valence electrons. The van der Waals surface area contributed by atoms with Gasteiger partial charge in [0.25, 0.3) is 0 Å². The molecule has 1 aliphatic carbocycles. The normalized spacial score (nSPS) is 21.0. The maximum absolute atomic E-state index is 11.9. The summed E-state index contributed by atoms with van der Waals surface area (Å²) in [7, 11) is 0. The molecule has 0 heterocycles. The molecule has 0 radical (unpaired) electrons. The van der Waals surface area contributed by atoms with E-state index in [0.29, 0.717) is 12.6 Å². The summed E-state index contributed by atoms with van der Waals surface area (Å²) >= 11 is 0. The van der Waals surface area contributed by atoms with Crippen LogP contribution in [0.3, 0.4) is 0 Å². The first-order valence-corrected chi connectivity index (χ1v) is 5.89. The van der Waals surface area contributed by atoms with Crippen molar-refractivity contribution in [2.24, 2.45) is 0 Å². The average Bonchev–Trinajstić information content (AvgIpc) is 2.24. The second-order valence-electron chi connectivity index (χ2n) is 4.48. The van der Waals surface area contributed by atoms with Crippen LogP contribution >= 0.6 is 0 Å². The molecule has 0 amide bonds. The van der Waals surface area contributed by atoms with Gasteiger partial charge in [-0.15, -0.1) is 0 Å². The Bertz CT molecular complexity index is 190. The zero-order valence-corrected chi connectivity index (χ0v) is 9.65. The topological polar surface area (TPSA) is 21.3 Å². The van der Waals surface area contributed by atoms with Gasteiger partial charge in [-0.2, -0.15) is 13.2 Å². The SMILES string of the molecule is CC(CNC1CCCCC1)OCC(F)(F)F. The van der Waals surface area contributed by atoms with Crippen LogP contribution in [0.5, 0.6) is 0 Å². The highest BCUT2D eigenvalue weighted by atomic mass is 19.4. The smallest absolute Gasteiger partial charge is 0.368 e. The molecule has 16 heavy (non-hydrogen) atoms. The summed E-state index contributed by atoms with van der Waals surface area (Å²) in [4.78, 5) is 0. The number of hydrogen-bond acceptors (Lipinski definition) is 2. The Kier molecular flexibility index (Phi) is 5.55. The Labute approximate surface area is 94.5 Å². The first-order valence-electron chi connectivity index (χ1n) is 5.89. The Morgan fingerprint density at radius 3 is 2.44 bits per heavy atom. The lowest BCUT2D eigenvalue weighted by Gasteiger charge is -2.24. The molecule has 0 aromatic rings. The highest BCUT2D eigenvalue weighted by molar-refractivity contribution is 4.73. The van der Waals surface area contributed by atoms with Gasteiger partial charge in [0.15, 0.2) is 0 Å². The van der Waals surface area contributed by atoms with Crippen LogP contribution < -0.4 is 5.32 Å². The lowest BCUT2D eigenvalue weighted by atomic mass is 9.95. The van der Waals surface area contributed by atoms with E-state index in [-0.39, 0.29) is 6.10 Å². The van der Waals surface area contributed by atoms with Crippen molar-refractivity contribution in [2.75, 3.05) is 13.2 Å². The Hall–Kier alpha value is -0.290. The fraction of sp³-hybridized carbons (Fsp3) is 1.00. The molecule has 1 N–H and O–H groups in total. The van der Waals surface area contributed by atoms with Gasteiger partial charge < -0.3 is 10.1 Å². The van der Waals surface area contributed by atoms with Crippen molar-refractivity contribution in [3.05, 3.63) is 0 Å². The summed E-state index contributed by atoms with van der Waals surface area (Å²) in [6.45, 7) is 1.02. The minimum atomic E-state index is -4.22. The number of halogens is 3. The van der Waals surface area contributed by atoms with Crippen molar-refractivity contribution >= 4 is 0 Å². The van der Waals surface area contributed by atoms with E-state index in [1.165, 1.54) is 19.3 Å². The maximum Gasteiger partial charge on any atom is 0.411 e. The number of ether oxygens (including phenoxy) is 1. The molecule has 5 heteroatoms. The maximum atomic E-state index is 11.9. The first kappa shape index (κ1) is 13.8. The van der Waals surface area contributed by atoms with Crippen molar-refractivity contribution in [3.63, 3.8) is 0 Å². The first-order chi connectivity index (χ1) is 7.47. The van der Waals surface area contributed by atoms with Gasteiger partial charge in [0, 0.05) is 12.6 Å². The molecule has 1 unspecified atom stereocenters. The molecule has 1 rings (SSSR count). The molecular weight excluding hydrogens is 219 g/mol. The van der Waals surface area contributed by atoms with Gasteiger partial charge in [-0.3, -0.25) is 0 Å². The third-order valence-electron chi connectivity index (χ3n) is 2.83. The van der Waals surface area contributed by atoms with E-state index in [0.717, 1.165) is 12.8 Å². The van der Waals surface area contributed by atoms with Crippen molar-refractivity contribution in [1.82, 2.24) is 5.32 Å². The Morgan fingerprint density at radius 2 is 1.88 bits per heavy atom. The summed E-state index contributed by atoms with van der Waals surface area (Å²) in [6, 6.07) is 0.464. The van der Waals surface area contributed by atoms with E-state index >= 15 is 0 Å². The molecule has 1 atom stereocenters. The molecule has 0 bridgehead atoms. The van der Waals surface area contributed by atoms with Crippen LogP contribution in [0.4, 0.5) is 13.2 Å². The van der Waals surface area contributed by atoms with Crippen LogP contribution in [0.2, 0.25) is 0 Å². The number of alkyl halides is 3. The summed E-state index contributed by atoms with van der Waals surface area (Å²) in [5.41, 5.74) is 0. The molecule has 0 saturated heterocycles. The fourth-order valence-electron chi connectivity index (χ4n) is 1.94. The molecule has 0 spiro atoms. The summed E-state index contributed by atoms with van der Waals surface area (Å²) in [5.74, 6) is 0. The molecular formula is C11H20F3NO.